The summed E-state index contributed by atoms with van der Waals surface area (Å²) in [6.45, 7) is 7.92. The minimum atomic E-state index is -0.665. The van der Waals surface area contributed by atoms with Crippen molar-refractivity contribution in [2.75, 3.05) is 18.0 Å². The van der Waals surface area contributed by atoms with Crippen LogP contribution in [0.2, 0.25) is 0 Å². The molecular formula is C15H21NO2. The van der Waals surface area contributed by atoms with Gasteiger partial charge < -0.3 is 10.0 Å². The lowest BCUT2D eigenvalue weighted by Gasteiger charge is -2.34. The second kappa shape index (κ2) is 5.01. The number of hydrogen-bond acceptors (Lipinski definition) is 2. The number of aliphatic carboxylic acids is 1. The first-order valence-corrected chi connectivity index (χ1v) is 6.54. The van der Waals surface area contributed by atoms with E-state index in [4.69, 9.17) is 5.11 Å². The number of piperidine rings is 1. The molecule has 2 rings (SSSR count). The molecule has 1 fully saturated rings. The number of aryl methyl sites for hydroxylation is 3. The van der Waals surface area contributed by atoms with Crippen molar-refractivity contribution in [3.63, 3.8) is 0 Å². The van der Waals surface area contributed by atoms with Crippen molar-refractivity contribution in [3.05, 3.63) is 28.8 Å². The molecule has 3 nitrogen and oxygen atoms in total. The van der Waals surface area contributed by atoms with Crippen LogP contribution in [0.4, 0.5) is 5.69 Å². The van der Waals surface area contributed by atoms with Crippen molar-refractivity contribution in [3.8, 4) is 0 Å². The third-order valence-electron chi connectivity index (χ3n) is 3.72. The van der Waals surface area contributed by atoms with Crippen molar-refractivity contribution < 1.29 is 9.90 Å². The van der Waals surface area contributed by atoms with Crippen molar-refractivity contribution >= 4 is 11.7 Å². The minimum absolute atomic E-state index is 0.223. The highest BCUT2D eigenvalue weighted by Gasteiger charge is 2.26. The average Bonchev–Trinajstić information content (AvgIpc) is 2.28. The molecule has 0 saturated carbocycles. The number of anilines is 1. The summed E-state index contributed by atoms with van der Waals surface area (Å²) in [6, 6.07) is 4.35. The zero-order valence-corrected chi connectivity index (χ0v) is 11.4. The maximum absolute atomic E-state index is 11.1. The molecule has 1 heterocycles. The monoisotopic (exact) mass is 247 g/mol. The van der Waals surface area contributed by atoms with Gasteiger partial charge in [-0.1, -0.05) is 17.7 Å². The predicted molar refractivity (Wildman–Crippen MR) is 73.2 cm³/mol. The van der Waals surface area contributed by atoms with Gasteiger partial charge in [-0.15, -0.1) is 0 Å². The summed E-state index contributed by atoms with van der Waals surface area (Å²) in [4.78, 5) is 13.4. The van der Waals surface area contributed by atoms with Gasteiger partial charge in [-0.05, 0) is 44.7 Å². The van der Waals surface area contributed by atoms with E-state index in [-0.39, 0.29) is 5.92 Å². The molecule has 0 bridgehead atoms. The smallest absolute Gasteiger partial charge is 0.308 e. The van der Waals surface area contributed by atoms with E-state index in [1.807, 2.05) is 0 Å². The summed E-state index contributed by atoms with van der Waals surface area (Å²) in [5.74, 6) is -0.888. The van der Waals surface area contributed by atoms with Gasteiger partial charge in [-0.25, -0.2) is 0 Å². The fourth-order valence-electron chi connectivity index (χ4n) is 3.05. The zero-order valence-electron chi connectivity index (χ0n) is 11.4. The highest BCUT2D eigenvalue weighted by molar-refractivity contribution is 5.72. The number of carboxylic acids is 1. The second-order valence-electron chi connectivity index (χ2n) is 5.37. The standard InChI is InChI=1S/C15H21NO2/c1-10-7-11(2)14(12(3)8-10)16-6-4-5-13(9-16)15(17)18/h7-8,13H,4-6,9H2,1-3H3,(H,17,18). The van der Waals surface area contributed by atoms with Gasteiger partial charge >= 0.3 is 5.97 Å². The van der Waals surface area contributed by atoms with Crippen LogP contribution in [0, 0.1) is 26.7 Å². The van der Waals surface area contributed by atoms with Crippen LogP contribution in [0.3, 0.4) is 0 Å². The molecule has 0 aliphatic carbocycles. The fourth-order valence-corrected chi connectivity index (χ4v) is 3.05. The van der Waals surface area contributed by atoms with Gasteiger partial charge in [0.1, 0.15) is 0 Å². The maximum Gasteiger partial charge on any atom is 0.308 e. The summed E-state index contributed by atoms with van der Waals surface area (Å²) in [5, 5.41) is 9.16. The molecule has 3 heteroatoms. The van der Waals surface area contributed by atoms with E-state index in [1.54, 1.807) is 0 Å². The Morgan fingerprint density at radius 1 is 1.28 bits per heavy atom. The number of carboxylic acid groups (broad SMARTS) is 1. The number of carbonyl (C=O) groups is 1. The van der Waals surface area contributed by atoms with E-state index in [0.717, 1.165) is 19.4 Å². The number of rotatable bonds is 2. The van der Waals surface area contributed by atoms with Crippen molar-refractivity contribution in [1.29, 1.82) is 0 Å². The summed E-state index contributed by atoms with van der Waals surface area (Å²) < 4.78 is 0. The van der Waals surface area contributed by atoms with Crippen LogP contribution in [0.15, 0.2) is 12.1 Å². The Morgan fingerprint density at radius 2 is 1.89 bits per heavy atom. The highest BCUT2D eigenvalue weighted by atomic mass is 16.4. The van der Waals surface area contributed by atoms with Gasteiger partial charge in [0.2, 0.25) is 0 Å². The van der Waals surface area contributed by atoms with E-state index in [1.165, 1.54) is 22.4 Å². The number of hydrogen-bond donors (Lipinski definition) is 1. The Hall–Kier alpha value is -1.51. The number of benzene rings is 1. The lowest BCUT2D eigenvalue weighted by molar-refractivity contribution is -0.141. The largest absolute Gasteiger partial charge is 0.481 e. The molecular weight excluding hydrogens is 226 g/mol. The molecule has 0 radical (unpaired) electrons. The lowest BCUT2D eigenvalue weighted by atomic mass is 9.95. The highest BCUT2D eigenvalue weighted by Crippen LogP contribution is 2.30. The SMILES string of the molecule is Cc1cc(C)c(N2CCCC(C(=O)O)C2)c(C)c1. The Bertz CT molecular complexity index is 445. The van der Waals surface area contributed by atoms with E-state index >= 15 is 0 Å². The molecule has 98 valence electrons. The average molecular weight is 247 g/mol. The predicted octanol–water partition coefficient (Wildman–Crippen LogP) is 2.91. The molecule has 1 aromatic rings. The minimum Gasteiger partial charge on any atom is -0.481 e. The van der Waals surface area contributed by atoms with E-state index in [2.05, 4.69) is 37.8 Å². The summed E-state index contributed by atoms with van der Waals surface area (Å²) >= 11 is 0. The fraction of sp³-hybridized carbons (Fsp3) is 0.533. The molecule has 1 aromatic carbocycles. The lowest BCUT2D eigenvalue weighted by Crippen LogP contribution is -2.39. The van der Waals surface area contributed by atoms with Crippen LogP contribution in [0.1, 0.15) is 29.5 Å². The first-order valence-electron chi connectivity index (χ1n) is 6.54. The Kier molecular flexibility index (Phi) is 3.60. The Labute approximate surface area is 108 Å². The van der Waals surface area contributed by atoms with Crippen LogP contribution in [0.25, 0.3) is 0 Å². The third kappa shape index (κ3) is 2.50. The normalized spacial score (nSPS) is 19.9. The molecule has 1 aliphatic heterocycles. The third-order valence-corrected chi connectivity index (χ3v) is 3.72. The van der Waals surface area contributed by atoms with Crippen molar-refractivity contribution in [2.24, 2.45) is 5.92 Å². The topological polar surface area (TPSA) is 40.5 Å². The van der Waals surface area contributed by atoms with E-state index < -0.39 is 5.97 Å². The molecule has 0 spiro atoms. The molecule has 0 amide bonds. The van der Waals surface area contributed by atoms with Gasteiger partial charge in [0.05, 0.1) is 5.92 Å². The van der Waals surface area contributed by atoms with Crippen molar-refractivity contribution in [1.82, 2.24) is 0 Å². The first kappa shape index (κ1) is 12.9. The Balaban J connectivity index is 2.29. The van der Waals surface area contributed by atoms with Crippen LogP contribution in [-0.4, -0.2) is 24.2 Å². The van der Waals surface area contributed by atoms with Gasteiger partial charge in [0.25, 0.3) is 0 Å². The second-order valence-corrected chi connectivity index (χ2v) is 5.37. The number of nitrogens with zero attached hydrogens (tertiary/aromatic N) is 1. The molecule has 1 saturated heterocycles. The zero-order chi connectivity index (χ0) is 13.3. The van der Waals surface area contributed by atoms with Gasteiger partial charge in [-0.2, -0.15) is 0 Å². The van der Waals surface area contributed by atoms with E-state index in [9.17, 15) is 4.79 Å². The van der Waals surface area contributed by atoms with E-state index in [0.29, 0.717) is 6.54 Å². The van der Waals surface area contributed by atoms with Crippen LogP contribution in [0.5, 0.6) is 0 Å². The Morgan fingerprint density at radius 3 is 2.44 bits per heavy atom. The molecule has 1 aliphatic rings. The molecule has 1 N–H and O–H groups in total. The molecule has 1 atom stereocenters. The molecule has 0 aromatic heterocycles. The summed E-state index contributed by atoms with van der Waals surface area (Å²) in [5.41, 5.74) is 4.99. The van der Waals surface area contributed by atoms with Gasteiger partial charge in [0, 0.05) is 18.8 Å². The van der Waals surface area contributed by atoms with Crippen LogP contribution >= 0.6 is 0 Å². The van der Waals surface area contributed by atoms with Gasteiger partial charge in [-0.3, -0.25) is 4.79 Å². The van der Waals surface area contributed by atoms with Crippen LogP contribution < -0.4 is 4.90 Å². The van der Waals surface area contributed by atoms with Crippen molar-refractivity contribution in [2.45, 2.75) is 33.6 Å². The molecule has 1 unspecified atom stereocenters. The maximum atomic E-state index is 11.1. The quantitative estimate of drug-likeness (QED) is 0.873. The molecule has 18 heavy (non-hydrogen) atoms. The summed E-state index contributed by atoms with van der Waals surface area (Å²) in [6.07, 6.45) is 1.76. The summed E-state index contributed by atoms with van der Waals surface area (Å²) in [7, 11) is 0. The van der Waals surface area contributed by atoms with Crippen LogP contribution in [-0.2, 0) is 4.79 Å². The first-order chi connectivity index (χ1) is 8.49. The van der Waals surface area contributed by atoms with Gasteiger partial charge in [0.15, 0.2) is 0 Å².